The van der Waals surface area contributed by atoms with E-state index in [0.29, 0.717) is 15.6 Å². The second-order valence-electron chi connectivity index (χ2n) is 3.71. The summed E-state index contributed by atoms with van der Waals surface area (Å²) in [5, 5.41) is 3.54. The monoisotopic (exact) mass is 287 g/mol. The van der Waals surface area contributed by atoms with E-state index in [2.05, 4.69) is 5.32 Å². The third kappa shape index (κ3) is 3.12. The van der Waals surface area contributed by atoms with Crippen LogP contribution in [0, 0.1) is 11.6 Å². The Morgan fingerprint density at radius 2 is 1.56 bits per heavy atom. The quantitative estimate of drug-likeness (QED) is 0.848. The van der Waals surface area contributed by atoms with Gasteiger partial charge in [-0.25, -0.2) is 8.78 Å². The van der Waals surface area contributed by atoms with E-state index in [1.807, 2.05) is 0 Å². The number of rotatable bonds is 3. The summed E-state index contributed by atoms with van der Waals surface area (Å²) in [6.45, 7) is 0.144. The maximum absolute atomic E-state index is 13.5. The lowest BCUT2D eigenvalue weighted by Gasteiger charge is -2.09. The summed E-state index contributed by atoms with van der Waals surface area (Å²) in [7, 11) is 0. The number of halogens is 4. The topological polar surface area (TPSA) is 12.0 Å². The summed E-state index contributed by atoms with van der Waals surface area (Å²) in [4.78, 5) is 0. The van der Waals surface area contributed by atoms with Crippen LogP contribution in [0.15, 0.2) is 36.4 Å². The minimum Gasteiger partial charge on any atom is -0.378 e. The van der Waals surface area contributed by atoms with E-state index >= 15 is 0 Å². The molecule has 0 saturated heterocycles. The van der Waals surface area contributed by atoms with Crippen molar-refractivity contribution >= 4 is 28.9 Å². The van der Waals surface area contributed by atoms with E-state index in [1.54, 1.807) is 6.07 Å². The van der Waals surface area contributed by atoms with E-state index < -0.39 is 5.82 Å². The molecule has 1 nitrogen and oxygen atoms in total. The van der Waals surface area contributed by atoms with Gasteiger partial charge in [-0.2, -0.15) is 0 Å². The van der Waals surface area contributed by atoms with Gasteiger partial charge in [0.25, 0.3) is 0 Å². The van der Waals surface area contributed by atoms with Crippen LogP contribution in [-0.4, -0.2) is 0 Å². The lowest BCUT2D eigenvalue weighted by Crippen LogP contribution is -2.03. The summed E-state index contributed by atoms with van der Waals surface area (Å²) in [6.07, 6.45) is 0. The fourth-order valence-electron chi connectivity index (χ4n) is 1.50. The summed E-state index contributed by atoms with van der Waals surface area (Å²) in [5.41, 5.74) is 0.635. The molecule has 94 valence electrons. The Morgan fingerprint density at radius 1 is 0.889 bits per heavy atom. The highest BCUT2D eigenvalue weighted by atomic mass is 35.5. The maximum atomic E-state index is 13.5. The molecule has 0 aliphatic heterocycles. The second-order valence-corrected chi connectivity index (χ2v) is 4.59. The summed E-state index contributed by atoms with van der Waals surface area (Å²) in [6, 6.07) is 8.48. The molecule has 0 aliphatic rings. The zero-order chi connectivity index (χ0) is 13.1. The molecule has 1 N–H and O–H groups in total. The predicted octanol–water partition coefficient (Wildman–Crippen LogP) is 4.88. The zero-order valence-corrected chi connectivity index (χ0v) is 10.7. The molecule has 18 heavy (non-hydrogen) atoms. The average molecular weight is 288 g/mol. The van der Waals surface area contributed by atoms with Crippen molar-refractivity contribution in [3.63, 3.8) is 0 Å². The third-order valence-electron chi connectivity index (χ3n) is 2.41. The van der Waals surface area contributed by atoms with Gasteiger partial charge in [0.2, 0.25) is 0 Å². The molecule has 0 amide bonds. The van der Waals surface area contributed by atoms with Crippen LogP contribution in [0.2, 0.25) is 10.0 Å². The van der Waals surface area contributed by atoms with Crippen molar-refractivity contribution in [2.45, 2.75) is 6.54 Å². The van der Waals surface area contributed by atoms with Crippen LogP contribution >= 0.6 is 23.2 Å². The van der Waals surface area contributed by atoms with Crippen LogP contribution < -0.4 is 5.32 Å². The Labute approximate surface area is 113 Å². The Kier molecular flexibility index (Phi) is 4.04. The lowest BCUT2D eigenvalue weighted by atomic mass is 10.2. The van der Waals surface area contributed by atoms with Gasteiger partial charge in [-0.15, -0.1) is 0 Å². The van der Waals surface area contributed by atoms with E-state index in [4.69, 9.17) is 23.2 Å². The molecule has 2 aromatic carbocycles. The Hall–Kier alpha value is -1.32. The first-order chi connectivity index (χ1) is 8.56. The van der Waals surface area contributed by atoms with Gasteiger partial charge in [0.15, 0.2) is 0 Å². The number of benzene rings is 2. The normalized spacial score (nSPS) is 10.4. The molecule has 0 radical (unpaired) electrons. The van der Waals surface area contributed by atoms with Gasteiger partial charge in [0.1, 0.15) is 11.6 Å². The van der Waals surface area contributed by atoms with Crippen molar-refractivity contribution in [2.75, 3.05) is 5.32 Å². The molecular formula is C13H9Cl2F2N. The van der Waals surface area contributed by atoms with E-state index in [-0.39, 0.29) is 18.0 Å². The van der Waals surface area contributed by atoms with Gasteiger partial charge >= 0.3 is 0 Å². The van der Waals surface area contributed by atoms with Gasteiger partial charge in [0.05, 0.1) is 5.69 Å². The SMILES string of the molecule is Fc1ccc(Cl)cc1CNc1ccc(Cl)cc1F. The molecule has 0 unspecified atom stereocenters. The number of hydrogen-bond acceptors (Lipinski definition) is 1. The summed E-state index contributed by atoms with van der Waals surface area (Å²) < 4.78 is 26.9. The standard InChI is InChI=1S/C13H9Cl2F2N/c14-9-1-3-11(16)8(5-9)7-18-13-4-2-10(15)6-12(13)17/h1-6,18H,7H2. The first-order valence-electron chi connectivity index (χ1n) is 5.19. The number of hydrogen-bond donors (Lipinski definition) is 1. The molecule has 0 saturated carbocycles. The molecular weight excluding hydrogens is 279 g/mol. The van der Waals surface area contributed by atoms with E-state index in [0.717, 1.165) is 0 Å². The molecule has 5 heteroatoms. The Balaban J connectivity index is 2.13. The summed E-state index contributed by atoms with van der Waals surface area (Å²) in [5.74, 6) is -0.869. The molecule has 2 rings (SSSR count). The molecule has 0 atom stereocenters. The fourth-order valence-corrected chi connectivity index (χ4v) is 1.86. The van der Waals surface area contributed by atoms with Gasteiger partial charge in [-0.3, -0.25) is 0 Å². The van der Waals surface area contributed by atoms with Crippen LogP contribution in [0.5, 0.6) is 0 Å². The molecule has 0 aromatic heterocycles. The van der Waals surface area contributed by atoms with E-state index in [9.17, 15) is 8.78 Å². The smallest absolute Gasteiger partial charge is 0.147 e. The van der Waals surface area contributed by atoms with Crippen LogP contribution in [0.1, 0.15) is 5.56 Å². The van der Waals surface area contributed by atoms with Gasteiger partial charge < -0.3 is 5.32 Å². The molecule has 0 spiro atoms. The highest BCUT2D eigenvalue weighted by molar-refractivity contribution is 6.30. The van der Waals surface area contributed by atoms with Crippen molar-refractivity contribution in [1.29, 1.82) is 0 Å². The van der Waals surface area contributed by atoms with Crippen LogP contribution in [0.3, 0.4) is 0 Å². The zero-order valence-electron chi connectivity index (χ0n) is 9.18. The second kappa shape index (κ2) is 5.55. The first kappa shape index (κ1) is 13.1. The highest BCUT2D eigenvalue weighted by Gasteiger charge is 2.06. The van der Waals surface area contributed by atoms with Crippen molar-refractivity contribution in [3.8, 4) is 0 Å². The molecule has 0 heterocycles. The Bertz CT molecular complexity index is 573. The average Bonchev–Trinajstić information content (AvgIpc) is 2.32. The van der Waals surface area contributed by atoms with Crippen molar-refractivity contribution in [1.82, 2.24) is 0 Å². The van der Waals surface area contributed by atoms with E-state index in [1.165, 1.54) is 30.3 Å². The minimum atomic E-state index is -0.482. The molecule has 2 aromatic rings. The molecule has 0 bridgehead atoms. The first-order valence-corrected chi connectivity index (χ1v) is 5.95. The maximum Gasteiger partial charge on any atom is 0.147 e. The lowest BCUT2D eigenvalue weighted by molar-refractivity contribution is 0.610. The predicted molar refractivity (Wildman–Crippen MR) is 70.1 cm³/mol. The molecule has 0 fully saturated rings. The molecule has 0 aliphatic carbocycles. The van der Waals surface area contributed by atoms with Crippen molar-refractivity contribution < 1.29 is 8.78 Å². The van der Waals surface area contributed by atoms with Crippen LogP contribution in [0.25, 0.3) is 0 Å². The van der Waals surface area contributed by atoms with Gasteiger partial charge in [-0.05, 0) is 36.4 Å². The van der Waals surface area contributed by atoms with Crippen LogP contribution in [0.4, 0.5) is 14.5 Å². The minimum absolute atomic E-state index is 0.144. The highest BCUT2D eigenvalue weighted by Crippen LogP contribution is 2.21. The number of nitrogens with one attached hydrogen (secondary N) is 1. The van der Waals surface area contributed by atoms with Crippen molar-refractivity contribution in [2.24, 2.45) is 0 Å². The largest absolute Gasteiger partial charge is 0.378 e. The van der Waals surface area contributed by atoms with Crippen molar-refractivity contribution in [3.05, 3.63) is 63.6 Å². The summed E-state index contributed by atoms with van der Waals surface area (Å²) >= 11 is 11.4. The van der Waals surface area contributed by atoms with Crippen LogP contribution in [-0.2, 0) is 6.54 Å². The van der Waals surface area contributed by atoms with Gasteiger partial charge in [-0.1, -0.05) is 23.2 Å². The third-order valence-corrected chi connectivity index (χ3v) is 2.88. The number of anilines is 1. The Morgan fingerprint density at radius 3 is 2.28 bits per heavy atom. The van der Waals surface area contributed by atoms with Gasteiger partial charge in [0, 0.05) is 22.2 Å². The fraction of sp³-hybridized carbons (Fsp3) is 0.0769.